The number of amides is 1. The number of fused-ring (bicyclic) bond motifs is 1. The fourth-order valence-corrected chi connectivity index (χ4v) is 3.94. The summed E-state index contributed by atoms with van der Waals surface area (Å²) in [7, 11) is 0. The number of aromatic amines is 1. The highest BCUT2D eigenvalue weighted by Crippen LogP contribution is 2.33. The molecule has 1 fully saturated rings. The molecule has 0 aliphatic carbocycles. The fraction of sp³-hybridized carbons (Fsp3) is 0.318. The summed E-state index contributed by atoms with van der Waals surface area (Å²) in [6.45, 7) is 6.34. The van der Waals surface area contributed by atoms with Gasteiger partial charge in [0.25, 0.3) is 0 Å². The average molecular weight is 383 g/mol. The van der Waals surface area contributed by atoms with Gasteiger partial charge in [-0.3, -0.25) is 4.79 Å². The zero-order chi connectivity index (χ0) is 19.9. The molecule has 1 amide bonds. The molecule has 4 nitrogen and oxygen atoms in total. The van der Waals surface area contributed by atoms with E-state index < -0.39 is 5.41 Å². The molecule has 0 bridgehead atoms. The third kappa shape index (κ3) is 3.23. The summed E-state index contributed by atoms with van der Waals surface area (Å²) in [6.07, 6.45) is 1.80. The lowest BCUT2D eigenvalue weighted by molar-refractivity contribution is -0.136. The minimum atomic E-state index is -0.774. The lowest BCUT2D eigenvalue weighted by Crippen LogP contribution is -2.53. The van der Waals surface area contributed by atoms with E-state index >= 15 is 0 Å². The number of hydrogen-bond acceptors (Lipinski definition) is 2. The van der Waals surface area contributed by atoms with Crippen molar-refractivity contribution in [3.63, 3.8) is 0 Å². The molecule has 2 heterocycles. The first-order valence-electron chi connectivity index (χ1n) is 9.43. The van der Waals surface area contributed by atoms with E-state index in [0.29, 0.717) is 26.2 Å². The van der Waals surface area contributed by atoms with Crippen molar-refractivity contribution in [2.45, 2.75) is 19.3 Å². The fourth-order valence-electron chi connectivity index (χ4n) is 3.94. The molecular weight excluding hydrogens is 360 g/mol. The second-order valence-electron chi connectivity index (χ2n) is 7.77. The lowest BCUT2D eigenvalue weighted by atomic mass is 9.82. The van der Waals surface area contributed by atoms with Gasteiger partial charge in [-0.15, -0.1) is 0 Å². The number of rotatable bonds is 3. The van der Waals surface area contributed by atoms with Crippen LogP contribution in [0.4, 0.5) is 14.5 Å². The largest absolute Gasteiger partial charge is 0.368 e. The zero-order valence-corrected chi connectivity index (χ0v) is 16.0. The topological polar surface area (TPSA) is 39.3 Å². The highest BCUT2D eigenvalue weighted by Gasteiger charge is 2.37. The number of piperazine rings is 1. The van der Waals surface area contributed by atoms with E-state index in [1.54, 1.807) is 24.4 Å². The molecule has 6 heteroatoms. The summed E-state index contributed by atoms with van der Waals surface area (Å²) in [5, 5.41) is 0.739. The van der Waals surface area contributed by atoms with Crippen molar-refractivity contribution < 1.29 is 13.6 Å². The zero-order valence-electron chi connectivity index (χ0n) is 16.0. The predicted molar refractivity (Wildman–Crippen MR) is 106 cm³/mol. The van der Waals surface area contributed by atoms with E-state index in [4.69, 9.17) is 0 Å². The number of hydrogen-bond donors (Lipinski definition) is 1. The van der Waals surface area contributed by atoms with Gasteiger partial charge in [-0.25, -0.2) is 8.78 Å². The first-order valence-corrected chi connectivity index (χ1v) is 9.43. The molecule has 28 heavy (non-hydrogen) atoms. The Hall–Kier alpha value is -2.89. The van der Waals surface area contributed by atoms with Crippen LogP contribution >= 0.6 is 0 Å². The molecule has 146 valence electrons. The molecule has 0 saturated carbocycles. The smallest absolute Gasteiger partial charge is 0.232 e. The summed E-state index contributed by atoms with van der Waals surface area (Å²) < 4.78 is 26.9. The number of anilines is 1. The maximum atomic E-state index is 13.7. The van der Waals surface area contributed by atoms with Crippen molar-refractivity contribution in [1.82, 2.24) is 9.88 Å². The first kappa shape index (κ1) is 18.5. The number of carbonyl (C=O) groups excluding carboxylic acids is 1. The number of H-pyrrole nitrogens is 1. The molecular formula is C22H23F2N3O. The minimum Gasteiger partial charge on any atom is -0.368 e. The number of benzene rings is 2. The van der Waals surface area contributed by atoms with E-state index in [2.05, 4.69) is 9.88 Å². The van der Waals surface area contributed by atoms with E-state index in [-0.39, 0.29) is 17.5 Å². The Morgan fingerprint density at radius 1 is 0.964 bits per heavy atom. The SMILES string of the molecule is CC(C)(C(=O)N1CCN(c2ccc(F)cc2)CC1)c1c[nH]c2ccc(F)cc12. The van der Waals surface area contributed by atoms with Crippen LogP contribution < -0.4 is 4.90 Å². The van der Waals surface area contributed by atoms with Gasteiger partial charge in [0.1, 0.15) is 11.6 Å². The van der Waals surface area contributed by atoms with Gasteiger partial charge < -0.3 is 14.8 Å². The van der Waals surface area contributed by atoms with Crippen LogP contribution in [0.5, 0.6) is 0 Å². The summed E-state index contributed by atoms with van der Waals surface area (Å²) in [4.78, 5) is 20.4. The summed E-state index contributed by atoms with van der Waals surface area (Å²) >= 11 is 0. The third-order valence-corrected chi connectivity index (χ3v) is 5.61. The summed E-state index contributed by atoms with van der Waals surface area (Å²) in [5.74, 6) is -0.546. The molecule has 1 saturated heterocycles. The summed E-state index contributed by atoms with van der Waals surface area (Å²) in [5.41, 5.74) is 1.80. The van der Waals surface area contributed by atoms with Crippen molar-refractivity contribution in [2.75, 3.05) is 31.1 Å². The van der Waals surface area contributed by atoms with Crippen molar-refractivity contribution in [1.29, 1.82) is 0 Å². The molecule has 1 aromatic heterocycles. The molecule has 0 spiro atoms. The summed E-state index contributed by atoms with van der Waals surface area (Å²) in [6, 6.07) is 11.0. The van der Waals surface area contributed by atoms with Crippen LogP contribution in [0.15, 0.2) is 48.7 Å². The molecule has 2 aromatic carbocycles. The highest BCUT2D eigenvalue weighted by molar-refractivity contribution is 5.94. The second kappa shape index (κ2) is 6.93. The Bertz CT molecular complexity index is 1000. The van der Waals surface area contributed by atoms with Crippen molar-refractivity contribution in [2.24, 2.45) is 0 Å². The Morgan fingerprint density at radius 3 is 2.29 bits per heavy atom. The van der Waals surface area contributed by atoms with Crippen LogP contribution in [-0.4, -0.2) is 42.0 Å². The molecule has 1 aliphatic heterocycles. The van der Waals surface area contributed by atoms with Crippen molar-refractivity contribution in [3.05, 3.63) is 65.9 Å². The maximum Gasteiger partial charge on any atom is 0.232 e. The van der Waals surface area contributed by atoms with Crippen LogP contribution in [0.2, 0.25) is 0 Å². The molecule has 0 atom stereocenters. The monoisotopic (exact) mass is 383 g/mol. The van der Waals surface area contributed by atoms with Gasteiger partial charge in [0.15, 0.2) is 0 Å². The van der Waals surface area contributed by atoms with Gasteiger partial charge in [-0.05, 0) is 61.9 Å². The Kier molecular flexibility index (Phi) is 4.57. The molecule has 0 unspecified atom stereocenters. The van der Waals surface area contributed by atoms with E-state index in [1.807, 2.05) is 18.7 Å². The quantitative estimate of drug-likeness (QED) is 0.741. The van der Waals surface area contributed by atoms with Crippen molar-refractivity contribution in [3.8, 4) is 0 Å². The Balaban J connectivity index is 1.51. The van der Waals surface area contributed by atoms with Crippen LogP contribution in [0.3, 0.4) is 0 Å². The minimum absolute atomic E-state index is 0.0245. The number of carbonyl (C=O) groups is 1. The van der Waals surface area contributed by atoms with Crippen molar-refractivity contribution >= 4 is 22.5 Å². The number of aromatic nitrogens is 1. The third-order valence-electron chi connectivity index (χ3n) is 5.61. The molecule has 4 rings (SSSR count). The van der Waals surface area contributed by atoms with Crippen LogP contribution in [0, 0.1) is 11.6 Å². The normalized spacial score (nSPS) is 15.3. The number of nitrogens with one attached hydrogen (secondary N) is 1. The van der Waals surface area contributed by atoms with Gasteiger partial charge in [0.05, 0.1) is 5.41 Å². The lowest BCUT2D eigenvalue weighted by Gasteiger charge is -2.39. The average Bonchev–Trinajstić information content (AvgIpc) is 3.12. The van der Waals surface area contributed by atoms with Crippen LogP contribution in [0.1, 0.15) is 19.4 Å². The van der Waals surface area contributed by atoms with Gasteiger partial charge in [0.2, 0.25) is 5.91 Å². The Labute approximate surface area is 162 Å². The Morgan fingerprint density at radius 2 is 1.61 bits per heavy atom. The van der Waals surface area contributed by atoms with Crippen LogP contribution in [-0.2, 0) is 10.2 Å². The van der Waals surface area contributed by atoms with E-state index in [9.17, 15) is 13.6 Å². The molecule has 1 N–H and O–H groups in total. The van der Waals surface area contributed by atoms with Gasteiger partial charge >= 0.3 is 0 Å². The van der Waals surface area contributed by atoms with E-state index in [1.165, 1.54) is 24.3 Å². The molecule has 0 radical (unpaired) electrons. The van der Waals surface area contributed by atoms with E-state index in [0.717, 1.165) is 22.2 Å². The van der Waals surface area contributed by atoms with Crippen LogP contribution in [0.25, 0.3) is 10.9 Å². The first-order chi connectivity index (χ1) is 13.4. The standard InChI is InChI=1S/C22H23F2N3O/c1-22(2,19-14-25-20-8-5-16(24)13-18(19)20)21(28)27-11-9-26(10-12-27)17-6-3-15(23)4-7-17/h3-8,13-14,25H,9-12H2,1-2H3. The maximum absolute atomic E-state index is 13.7. The van der Waals surface area contributed by atoms with Gasteiger partial charge in [0, 0.05) is 49.0 Å². The molecule has 1 aliphatic rings. The van der Waals surface area contributed by atoms with Gasteiger partial charge in [-0.2, -0.15) is 0 Å². The van der Waals surface area contributed by atoms with Gasteiger partial charge in [-0.1, -0.05) is 0 Å². The highest BCUT2D eigenvalue weighted by atomic mass is 19.1. The predicted octanol–water partition coefficient (Wildman–Crippen LogP) is 4.07. The second-order valence-corrected chi connectivity index (χ2v) is 7.77. The molecule has 3 aromatic rings. The number of halogens is 2. The number of nitrogens with zero attached hydrogens (tertiary/aromatic N) is 2.